The minimum absolute atomic E-state index is 0.0543. The van der Waals surface area contributed by atoms with E-state index in [2.05, 4.69) is 4.72 Å². The second-order valence-electron chi connectivity index (χ2n) is 4.85. The predicted octanol–water partition coefficient (Wildman–Crippen LogP) is 3.81. The highest BCUT2D eigenvalue weighted by Gasteiger charge is 2.20. The molecule has 2 aromatic rings. The van der Waals surface area contributed by atoms with Crippen LogP contribution in [-0.4, -0.2) is 26.6 Å². The molecular weight excluding hydrogens is 377 g/mol. The quantitative estimate of drug-likeness (QED) is 0.810. The molecule has 0 aliphatic rings. The van der Waals surface area contributed by atoms with E-state index in [0.29, 0.717) is 10.6 Å². The van der Waals surface area contributed by atoms with E-state index in [1.54, 1.807) is 6.92 Å². The molecule has 0 fully saturated rings. The summed E-state index contributed by atoms with van der Waals surface area (Å²) in [5.41, 5.74) is 0.530. The number of aryl methyl sites for hydroxylation is 1. The first-order valence-corrected chi connectivity index (χ1v) is 8.79. The fourth-order valence-electron chi connectivity index (χ4n) is 1.95. The zero-order chi connectivity index (χ0) is 18.1. The molecule has 0 saturated heterocycles. The number of nitrogens with one attached hydrogen (secondary N) is 1. The van der Waals surface area contributed by atoms with Crippen molar-refractivity contribution in [2.45, 2.75) is 11.8 Å². The number of hydrogen-bond donors (Lipinski definition) is 2. The number of carboxylic acids is 1. The summed E-state index contributed by atoms with van der Waals surface area (Å²) < 4.78 is 32.5. The summed E-state index contributed by atoms with van der Waals surface area (Å²) in [6, 6.07) is 6.42. The first kappa shape index (κ1) is 18.4. The minimum atomic E-state index is -4.04. The lowest BCUT2D eigenvalue weighted by atomic mass is 10.2. The SMILES string of the molecule is COc1cc(Cl)c(C)cc1NS(=O)(=O)c1ccc(Cl)c(C(=O)O)c1. The highest BCUT2D eigenvalue weighted by Crippen LogP contribution is 2.33. The fourth-order valence-corrected chi connectivity index (χ4v) is 3.39. The second kappa shape index (κ2) is 6.88. The molecule has 0 saturated carbocycles. The number of ether oxygens (including phenoxy) is 1. The zero-order valence-electron chi connectivity index (χ0n) is 12.6. The maximum absolute atomic E-state index is 12.5. The van der Waals surface area contributed by atoms with Gasteiger partial charge in [-0.25, -0.2) is 13.2 Å². The molecule has 128 valence electrons. The van der Waals surface area contributed by atoms with Crippen LogP contribution in [0.25, 0.3) is 0 Å². The highest BCUT2D eigenvalue weighted by atomic mass is 35.5. The molecule has 2 aromatic carbocycles. The van der Waals surface area contributed by atoms with Gasteiger partial charge in [-0.15, -0.1) is 0 Å². The smallest absolute Gasteiger partial charge is 0.337 e. The molecule has 0 amide bonds. The van der Waals surface area contributed by atoms with Crippen molar-refractivity contribution in [3.63, 3.8) is 0 Å². The molecule has 0 heterocycles. The van der Waals surface area contributed by atoms with E-state index in [4.69, 9.17) is 33.0 Å². The van der Waals surface area contributed by atoms with Gasteiger partial charge in [0.15, 0.2) is 0 Å². The van der Waals surface area contributed by atoms with Crippen LogP contribution in [-0.2, 0) is 10.0 Å². The van der Waals surface area contributed by atoms with Crippen molar-refractivity contribution in [1.82, 2.24) is 0 Å². The van der Waals surface area contributed by atoms with Crippen LogP contribution in [0.2, 0.25) is 10.0 Å². The van der Waals surface area contributed by atoms with Gasteiger partial charge in [0.1, 0.15) is 5.75 Å². The van der Waals surface area contributed by atoms with Crippen LogP contribution in [0.5, 0.6) is 5.75 Å². The molecule has 0 bridgehead atoms. The Morgan fingerprint density at radius 3 is 2.42 bits per heavy atom. The molecule has 2 N–H and O–H groups in total. The maximum Gasteiger partial charge on any atom is 0.337 e. The Labute approximate surface area is 149 Å². The minimum Gasteiger partial charge on any atom is -0.495 e. The normalized spacial score (nSPS) is 11.2. The molecule has 6 nitrogen and oxygen atoms in total. The molecule has 0 radical (unpaired) electrons. The van der Waals surface area contributed by atoms with Crippen LogP contribution in [0.4, 0.5) is 5.69 Å². The summed E-state index contributed by atoms with van der Waals surface area (Å²) in [6.07, 6.45) is 0. The molecule has 9 heteroatoms. The average molecular weight is 390 g/mol. The van der Waals surface area contributed by atoms with Crippen LogP contribution in [0.1, 0.15) is 15.9 Å². The third-order valence-electron chi connectivity index (χ3n) is 3.20. The van der Waals surface area contributed by atoms with E-state index >= 15 is 0 Å². The van der Waals surface area contributed by atoms with E-state index in [-0.39, 0.29) is 26.9 Å². The largest absolute Gasteiger partial charge is 0.495 e. The third-order valence-corrected chi connectivity index (χ3v) is 5.30. The van der Waals surface area contributed by atoms with Gasteiger partial charge in [0.25, 0.3) is 10.0 Å². The summed E-state index contributed by atoms with van der Waals surface area (Å²) >= 11 is 11.7. The van der Waals surface area contributed by atoms with Gasteiger partial charge in [0.05, 0.1) is 28.3 Å². The fraction of sp³-hybridized carbons (Fsp3) is 0.133. The Morgan fingerprint density at radius 1 is 1.17 bits per heavy atom. The van der Waals surface area contributed by atoms with Gasteiger partial charge in [-0.1, -0.05) is 23.2 Å². The Balaban J connectivity index is 2.48. The monoisotopic (exact) mass is 389 g/mol. The second-order valence-corrected chi connectivity index (χ2v) is 7.35. The van der Waals surface area contributed by atoms with Gasteiger partial charge in [0.2, 0.25) is 0 Å². The van der Waals surface area contributed by atoms with Crippen molar-refractivity contribution >= 4 is 44.9 Å². The van der Waals surface area contributed by atoms with Crippen molar-refractivity contribution in [3.05, 3.63) is 51.5 Å². The summed E-state index contributed by atoms with van der Waals surface area (Å²) in [5, 5.41) is 9.43. The van der Waals surface area contributed by atoms with Gasteiger partial charge in [-0.2, -0.15) is 0 Å². The van der Waals surface area contributed by atoms with Gasteiger partial charge in [-0.05, 0) is 36.8 Å². The van der Waals surface area contributed by atoms with Crippen molar-refractivity contribution in [2.24, 2.45) is 0 Å². The van der Waals surface area contributed by atoms with Gasteiger partial charge >= 0.3 is 5.97 Å². The Hall–Kier alpha value is -1.96. The van der Waals surface area contributed by atoms with Crippen molar-refractivity contribution < 1.29 is 23.1 Å². The number of benzene rings is 2. The van der Waals surface area contributed by atoms with E-state index in [1.165, 1.54) is 31.4 Å². The summed E-state index contributed by atoms with van der Waals surface area (Å²) in [7, 11) is -2.66. The molecule has 0 aliphatic carbocycles. The molecule has 0 aliphatic heterocycles. The number of carboxylic acid groups (broad SMARTS) is 1. The van der Waals surface area contributed by atoms with Crippen molar-refractivity contribution in [2.75, 3.05) is 11.8 Å². The van der Waals surface area contributed by atoms with Crippen LogP contribution in [0, 0.1) is 6.92 Å². The molecule has 0 aromatic heterocycles. The molecule has 24 heavy (non-hydrogen) atoms. The van der Waals surface area contributed by atoms with Gasteiger partial charge in [0, 0.05) is 11.1 Å². The van der Waals surface area contributed by atoms with Crippen LogP contribution < -0.4 is 9.46 Å². The Morgan fingerprint density at radius 2 is 1.83 bits per heavy atom. The van der Waals surface area contributed by atoms with Crippen LogP contribution >= 0.6 is 23.2 Å². The Bertz CT molecular complexity index is 912. The lowest BCUT2D eigenvalue weighted by Crippen LogP contribution is -2.14. The topological polar surface area (TPSA) is 92.7 Å². The lowest BCUT2D eigenvalue weighted by molar-refractivity contribution is 0.0697. The van der Waals surface area contributed by atoms with E-state index in [9.17, 15) is 13.2 Å². The van der Waals surface area contributed by atoms with Gasteiger partial charge in [-0.3, -0.25) is 4.72 Å². The third kappa shape index (κ3) is 3.75. The highest BCUT2D eigenvalue weighted by molar-refractivity contribution is 7.92. The predicted molar refractivity (Wildman–Crippen MR) is 92.0 cm³/mol. The van der Waals surface area contributed by atoms with Crippen molar-refractivity contribution in [1.29, 1.82) is 0 Å². The lowest BCUT2D eigenvalue weighted by Gasteiger charge is -2.14. The number of hydrogen-bond acceptors (Lipinski definition) is 4. The average Bonchev–Trinajstić information content (AvgIpc) is 2.50. The number of carbonyl (C=O) groups is 1. The zero-order valence-corrected chi connectivity index (χ0v) is 15.0. The molecule has 0 unspecified atom stereocenters. The summed E-state index contributed by atoms with van der Waals surface area (Å²) in [6.45, 7) is 1.71. The first-order chi connectivity index (χ1) is 11.2. The van der Waals surface area contributed by atoms with Crippen molar-refractivity contribution in [3.8, 4) is 5.75 Å². The molecule has 2 rings (SSSR count). The first-order valence-electron chi connectivity index (χ1n) is 6.55. The van der Waals surface area contributed by atoms with Gasteiger partial charge < -0.3 is 9.84 Å². The van der Waals surface area contributed by atoms with Crippen LogP contribution in [0.3, 0.4) is 0 Å². The number of halogens is 2. The standard InChI is InChI=1S/C15H13Cl2NO5S/c1-8-5-13(14(23-2)7-12(8)17)18-24(21,22)9-3-4-11(16)10(6-9)15(19)20/h3-7,18H,1-2H3,(H,19,20). The number of anilines is 1. The van der Waals surface area contributed by atoms with E-state index in [1.807, 2.05) is 0 Å². The molecule has 0 atom stereocenters. The van der Waals surface area contributed by atoms with E-state index < -0.39 is 16.0 Å². The summed E-state index contributed by atoms with van der Waals surface area (Å²) in [4.78, 5) is 10.9. The van der Waals surface area contributed by atoms with E-state index in [0.717, 1.165) is 6.07 Å². The number of methoxy groups -OCH3 is 1. The number of sulfonamides is 1. The molecule has 0 spiro atoms. The Kier molecular flexibility index (Phi) is 5.27. The number of rotatable bonds is 5. The van der Waals surface area contributed by atoms with Crippen LogP contribution in [0.15, 0.2) is 35.2 Å². The number of aromatic carboxylic acids is 1. The molecular formula is C15H13Cl2NO5S. The maximum atomic E-state index is 12.5. The summed E-state index contributed by atoms with van der Waals surface area (Å²) in [5.74, 6) is -1.08.